The minimum Gasteiger partial charge on any atom is -0.484 e. The van der Waals surface area contributed by atoms with Gasteiger partial charge in [-0.25, -0.2) is 5.43 Å². The van der Waals surface area contributed by atoms with Crippen molar-refractivity contribution in [2.24, 2.45) is 5.10 Å². The van der Waals surface area contributed by atoms with Gasteiger partial charge in [-0.05, 0) is 48.4 Å². The maximum Gasteiger partial charge on any atom is 0.262 e. The highest BCUT2D eigenvalue weighted by atomic mass is 16.5. The standard InChI is InChI=1S/C19H18N4O3/c1-14-4-2-3-5-17(14)22-19(25)13-26-16-8-6-15(7-9-16)12-21-23-18(24)10-11-20/h2-9,12H,10,13H2,1H3,(H,22,25)(H,23,24)/b21-12-. The molecule has 26 heavy (non-hydrogen) atoms. The average Bonchev–Trinajstić information content (AvgIpc) is 2.63. The van der Waals surface area contributed by atoms with Crippen LogP contribution in [0.5, 0.6) is 5.75 Å². The molecule has 2 rings (SSSR count). The third-order valence-corrected chi connectivity index (χ3v) is 3.31. The van der Waals surface area contributed by atoms with E-state index in [2.05, 4.69) is 15.8 Å². The zero-order valence-corrected chi connectivity index (χ0v) is 14.2. The summed E-state index contributed by atoms with van der Waals surface area (Å²) in [6, 6.07) is 16.1. The molecule has 0 bridgehead atoms. The molecule has 7 nitrogen and oxygen atoms in total. The maximum atomic E-state index is 11.9. The molecule has 2 amide bonds. The number of carbonyl (C=O) groups is 2. The fourth-order valence-corrected chi connectivity index (χ4v) is 1.99. The quantitative estimate of drug-likeness (QED) is 0.591. The third-order valence-electron chi connectivity index (χ3n) is 3.31. The van der Waals surface area contributed by atoms with Gasteiger partial charge in [0.2, 0.25) is 0 Å². The maximum absolute atomic E-state index is 11.9. The molecule has 2 aromatic rings. The first-order valence-electron chi connectivity index (χ1n) is 7.85. The van der Waals surface area contributed by atoms with Crippen molar-refractivity contribution in [2.75, 3.05) is 11.9 Å². The van der Waals surface area contributed by atoms with Gasteiger partial charge in [0.05, 0.1) is 12.3 Å². The van der Waals surface area contributed by atoms with Crippen molar-refractivity contribution in [3.63, 3.8) is 0 Å². The molecule has 0 aliphatic carbocycles. The number of nitrogens with zero attached hydrogens (tertiary/aromatic N) is 2. The molecule has 132 valence electrons. The summed E-state index contributed by atoms with van der Waals surface area (Å²) in [5, 5.41) is 14.9. The van der Waals surface area contributed by atoms with Crippen molar-refractivity contribution in [3.05, 3.63) is 59.7 Å². The van der Waals surface area contributed by atoms with Crippen LogP contribution in [0.2, 0.25) is 0 Å². The predicted molar refractivity (Wildman–Crippen MR) is 97.7 cm³/mol. The Morgan fingerprint density at radius 3 is 2.58 bits per heavy atom. The van der Waals surface area contributed by atoms with E-state index in [1.807, 2.05) is 31.2 Å². The van der Waals surface area contributed by atoms with Gasteiger partial charge in [0.1, 0.15) is 12.2 Å². The lowest BCUT2D eigenvalue weighted by atomic mass is 10.2. The van der Waals surface area contributed by atoms with E-state index in [0.29, 0.717) is 5.75 Å². The summed E-state index contributed by atoms with van der Waals surface area (Å²) in [4.78, 5) is 23.0. The van der Waals surface area contributed by atoms with Gasteiger partial charge < -0.3 is 10.1 Å². The van der Waals surface area contributed by atoms with Gasteiger partial charge in [-0.1, -0.05) is 18.2 Å². The van der Waals surface area contributed by atoms with Crippen LogP contribution in [0.4, 0.5) is 5.69 Å². The van der Waals surface area contributed by atoms with Crippen molar-refractivity contribution in [1.29, 1.82) is 5.26 Å². The van der Waals surface area contributed by atoms with Gasteiger partial charge in [0.25, 0.3) is 11.8 Å². The summed E-state index contributed by atoms with van der Waals surface area (Å²) >= 11 is 0. The highest BCUT2D eigenvalue weighted by molar-refractivity contribution is 5.92. The Hall–Kier alpha value is -3.66. The van der Waals surface area contributed by atoms with E-state index in [4.69, 9.17) is 10.00 Å². The minimum absolute atomic E-state index is 0.105. The second-order valence-corrected chi connectivity index (χ2v) is 5.35. The van der Waals surface area contributed by atoms with Crippen LogP contribution in [0.1, 0.15) is 17.5 Å². The first-order chi connectivity index (χ1) is 12.6. The number of ether oxygens (including phenoxy) is 1. The van der Waals surface area contributed by atoms with Crippen molar-refractivity contribution in [1.82, 2.24) is 5.43 Å². The van der Waals surface area contributed by atoms with Crippen molar-refractivity contribution in [2.45, 2.75) is 13.3 Å². The Balaban J connectivity index is 1.81. The van der Waals surface area contributed by atoms with E-state index in [1.54, 1.807) is 30.3 Å². The molecule has 0 aliphatic rings. The summed E-state index contributed by atoms with van der Waals surface area (Å²) in [7, 11) is 0. The summed E-state index contributed by atoms with van der Waals surface area (Å²) in [5.41, 5.74) is 4.71. The topological polar surface area (TPSA) is 104 Å². The smallest absolute Gasteiger partial charge is 0.262 e. The lowest BCUT2D eigenvalue weighted by Gasteiger charge is -2.09. The molecule has 0 saturated carbocycles. The molecule has 0 heterocycles. The number of anilines is 1. The van der Waals surface area contributed by atoms with Crippen LogP contribution in [0.3, 0.4) is 0 Å². The Morgan fingerprint density at radius 1 is 1.15 bits per heavy atom. The molecule has 0 aromatic heterocycles. The van der Waals surface area contributed by atoms with Crippen LogP contribution in [-0.2, 0) is 9.59 Å². The Bertz CT molecular complexity index is 839. The number of hydrogen-bond donors (Lipinski definition) is 2. The molecule has 0 saturated heterocycles. The second-order valence-electron chi connectivity index (χ2n) is 5.35. The van der Waals surface area contributed by atoms with E-state index < -0.39 is 5.91 Å². The zero-order chi connectivity index (χ0) is 18.8. The number of carbonyl (C=O) groups excluding carboxylic acids is 2. The van der Waals surface area contributed by atoms with E-state index in [9.17, 15) is 9.59 Å². The van der Waals surface area contributed by atoms with Gasteiger partial charge in [-0.15, -0.1) is 0 Å². The number of nitriles is 1. The number of para-hydroxylation sites is 1. The van der Waals surface area contributed by atoms with Crippen molar-refractivity contribution in [3.8, 4) is 11.8 Å². The van der Waals surface area contributed by atoms with E-state index >= 15 is 0 Å². The van der Waals surface area contributed by atoms with E-state index in [0.717, 1.165) is 16.8 Å². The molecule has 0 aliphatic heterocycles. The van der Waals surface area contributed by atoms with Crippen LogP contribution in [0.25, 0.3) is 0 Å². The van der Waals surface area contributed by atoms with Crippen molar-refractivity contribution >= 4 is 23.7 Å². The van der Waals surface area contributed by atoms with Crippen LogP contribution in [-0.4, -0.2) is 24.6 Å². The predicted octanol–water partition coefficient (Wildman–Crippen LogP) is 2.38. The summed E-state index contributed by atoms with van der Waals surface area (Å²) in [6.07, 6.45) is 1.21. The lowest BCUT2D eigenvalue weighted by molar-refractivity contribution is -0.120. The van der Waals surface area contributed by atoms with Crippen LogP contribution in [0, 0.1) is 18.3 Å². The molecule has 7 heteroatoms. The SMILES string of the molecule is Cc1ccccc1NC(=O)COc1ccc(/C=N\NC(=O)CC#N)cc1. The lowest BCUT2D eigenvalue weighted by Crippen LogP contribution is -2.20. The van der Waals surface area contributed by atoms with E-state index in [1.165, 1.54) is 6.21 Å². The molecule has 2 aromatic carbocycles. The Morgan fingerprint density at radius 2 is 1.88 bits per heavy atom. The summed E-state index contributed by atoms with van der Waals surface area (Å²) < 4.78 is 5.45. The Kier molecular flexibility index (Phi) is 6.89. The molecule has 0 atom stereocenters. The molecular formula is C19H18N4O3. The number of hydrazone groups is 1. The zero-order valence-electron chi connectivity index (χ0n) is 14.2. The minimum atomic E-state index is -0.469. The van der Waals surface area contributed by atoms with Gasteiger partial charge in [0, 0.05) is 5.69 Å². The molecule has 2 N–H and O–H groups in total. The molecule has 0 radical (unpaired) electrons. The van der Waals surface area contributed by atoms with Gasteiger partial charge in [-0.3, -0.25) is 9.59 Å². The van der Waals surface area contributed by atoms with Crippen LogP contribution in [0.15, 0.2) is 53.6 Å². The highest BCUT2D eigenvalue weighted by Gasteiger charge is 2.05. The van der Waals surface area contributed by atoms with Gasteiger partial charge in [-0.2, -0.15) is 10.4 Å². The number of hydrogen-bond acceptors (Lipinski definition) is 5. The third kappa shape index (κ3) is 6.09. The van der Waals surface area contributed by atoms with Crippen LogP contribution < -0.4 is 15.5 Å². The largest absolute Gasteiger partial charge is 0.484 e. The number of nitrogens with one attached hydrogen (secondary N) is 2. The fraction of sp³-hybridized carbons (Fsp3) is 0.158. The average molecular weight is 350 g/mol. The highest BCUT2D eigenvalue weighted by Crippen LogP contribution is 2.14. The Labute approximate surface area is 151 Å². The first kappa shape index (κ1) is 18.7. The molecule has 0 unspecified atom stereocenters. The van der Waals surface area contributed by atoms with Gasteiger partial charge in [0.15, 0.2) is 6.61 Å². The normalized spacial score (nSPS) is 10.2. The summed E-state index contributed by atoms with van der Waals surface area (Å²) in [5.74, 6) is -0.177. The summed E-state index contributed by atoms with van der Waals surface area (Å²) in [6.45, 7) is 1.81. The molecular weight excluding hydrogens is 332 g/mol. The number of benzene rings is 2. The number of amides is 2. The monoisotopic (exact) mass is 350 g/mol. The van der Waals surface area contributed by atoms with Crippen LogP contribution >= 0.6 is 0 Å². The fourth-order valence-electron chi connectivity index (χ4n) is 1.99. The number of rotatable bonds is 7. The molecule has 0 spiro atoms. The second kappa shape index (κ2) is 9.59. The first-order valence-corrected chi connectivity index (χ1v) is 7.85. The van der Waals surface area contributed by atoms with Gasteiger partial charge >= 0.3 is 0 Å². The van der Waals surface area contributed by atoms with Crippen molar-refractivity contribution < 1.29 is 14.3 Å². The van der Waals surface area contributed by atoms with E-state index in [-0.39, 0.29) is 18.9 Å². The number of aryl methyl sites for hydroxylation is 1. The molecule has 0 fully saturated rings.